The van der Waals surface area contributed by atoms with Gasteiger partial charge in [0.05, 0.1) is 23.8 Å². The highest BCUT2D eigenvalue weighted by atomic mass is 16.5. The summed E-state index contributed by atoms with van der Waals surface area (Å²) in [6.07, 6.45) is 0.910. The van der Waals surface area contributed by atoms with Crippen molar-refractivity contribution in [2.75, 3.05) is 14.2 Å². The van der Waals surface area contributed by atoms with Crippen LogP contribution in [0.5, 0.6) is 0 Å². The van der Waals surface area contributed by atoms with Crippen LogP contribution in [0, 0.1) is 0 Å². The molecule has 2 aromatic carbocycles. The summed E-state index contributed by atoms with van der Waals surface area (Å²) in [5.41, 5.74) is 2.74. The molecule has 28 heavy (non-hydrogen) atoms. The maximum absolute atomic E-state index is 12.7. The molecular weight excluding hydrogens is 358 g/mol. The number of amides is 1. The molecule has 0 aliphatic carbocycles. The van der Waals surface area contributed by atoms with Crippen LogP contribution in [0.25, 0.3) is 11.0 Å². The summed E-state index contributed by atoms with van der Waals surface area (Å²) in [5, 5.41) is 2.71. The summed E-state index contributed by atoms with van der Waals surface area (Å²) in [6, 6.07) is 15.6. The lowest BCUT2D eigenvalue weighted by Gasteiger charge is -2.20. The van der Waals surface area contributed by atoms with E-state index in [9.17, 15) is 9.59 Å². The number of para-hydroxylation sites is 2. The van der Waals surface area contributed by atoms with Crippen molar-refractivity contribution < 1.29 is 19.1 Å². The number of aromatic nitrogens is 2. The zero-order valence-electron chi connectivity index (χ0n) is 15.7. The minimum atomic E-state index is -0.908. The van der Waals surface area contributed by atoms with Gasteiger partial charge in [0.2, 0.25) is 0 Å². The highest BCUT2D eigenvalue weighted by molar-refractivity contribution is 5.88. The maximum Gasteiger partial charge on any atom is 0.328 e. The van der Waals surface area contributed by atoms with Gasteiger partial charge in [-0.15, -0.1) is 0 Å². The quantitative estimate of drug-likeness (QED) is 0.633. The Morgan fingerprint density at radius 1 is 1.00 bits per heavy atom. The van der Waals surface area contributed by atoms with Crippen LogP contribution >= 0.6 is 0 Å². The number of esters is 1. The molecule has 1 heterocycles. The van der Waals surface area contributed by atoms with Crippen molar-refractivity contribution in [2.24, 2.45) is 0 Å². The number of hydrogen-bond acceptors (Lipinski definition) is 6. The zero-order valence-corrected chi connectivity index (χ0v) is 15.7. The van der Waals surface area contributed by atoms with Crippen LogP contribution in [0.15, 0.2) is 60.8 Å². The van der Waals surface area contributed by atoms with E-state index in [0.717, 1.165) is 5.52 Å². The van der Waals surface area contributed by atoms with Gasteiger partial charge in [-0.05, 0) is 17.7 Å². The molecule has 0 fully saturated rings. The van der Waals surface area contributed by atoms with E-state index >= 15 is 0 Å². The van der Waals surface area contributed by atoms with Crippen LogP contribution in [0.4, 0.5) is 0 Å². The standard InChI is InChI=1S/C21H21N3O4/c1-27-19(14-8-4-3-5-9-14)20(25)24-18(21(26)28-2)12-15-13-22-16-10-6-7-11-17(16)23-15/h3-11,13,18-19H,12H2,1-2H3,(H,24,25)/t18-,19+/m0/s1. The van der Waals surface area contributed by atoms with E-state index in [-0.39, 0.29) is 6.42 Å². The number of hydrogen-bond donors (Lipinski definition) is 1. The van der Waals surface area contributed by atoms with Crippen LogP contribution in [0.3, 0.4) is 0 Å². The first-order valence-electron chi connectivity index (χ1n) is 8.79. The number of benzene rings is 2. The predicted molar refractivity (Wildman–Crippen MR) is 103 cm³/mol. The smallest absolute Gasteiger partial charge is 0.328 e. The molecule has 2 atom stereocenters. The number of rotatable bonds is 7. The monoisotopic (exact) mass is 379 g/mol. The molecule has 7 heteroatoms. The molecule has 0 aliphatic rings. The Balaban J connectivity index is 1.79. The second-order valence-corrected chi connectivity index (χ2v) is 6.16. The average molecular weight is 379 g/mol. The summed E-state index contributed by atoms with van der Waals surface area (Å²) < 4.78 is 10.2. The van der Waals surface area contributed by atoms with Gasteiger partial charge in [-0.2, -0.15) is 0 Å². The first-order chi connectivity index (χ1) is 13.6. The van der Waals surface area contributed by atoms with Gasteiger partial charge < -0.3 is 14.8 Å². The molecule has 3 aromatic rings. The highest BCUT2D eigenvalue weighted by Crippen LogP contribution is 2.17. The fourth-order valence-corrected chi connectivity index (χ4v) is 2.91. The number of methoxy groups -OCH3 is 2. The minimum absolute atomic E-state index is 0.154. The molecule has 0 unspecified atom stereocenters. The molecule has 0 saturated heterocycles. The van der Waals surface area contributed by atoms with Gasteiger partial charge >= 0.3 is 5.97 Å². The van der Waals surface area contributed by atoms with E-state index in [2.05, 4.69) is 15.3 Å². The average Bonchev–Trinajstić information content (AvgIpc) is 2.74. The lowest BCUT2D eigenvalue weighted by Crippen LogP contribution is -2.45. The number of fused-ring (bicyclic) bond motifs is 1. The Morgan fingerprint density at radius 2 is 1.68 bits per heavy atom. The minimum Gasteiger partial charge on any atom is -0.467 e. The second kappa shape index (κ2) is 9.05. The maximum atomic E-state index is 12.7. The Kier molecular flexibility index (Phi) is 6.29. The second-order valence-electron chi connectivity index (χ2n) is 6.16. The Labute approximate surface area is 162 Å². The van der Waals surface area contributed by atoms with Crippen LogP contribution in [0.1, 0.15) is 17.4 Å². The molecule has 1 aromatic heterocycles. The SMILES string of the molecule is COC(=O)[C@H](Cc1cnc2ccccc2n1)NC(=O)[C@H](OC)c1ccccc1. The lowest BCUT2D eigenvalue weighted by molar-refractivity contribution is -0.146. The van der Waals surface area contributed by atoms with E-state index in [1.54, 1.807) is 18.3 Å². The predicted octanol–water partition coefficient (Wildman–Crippen LogP) is 2.22. The molecule has 3 rings (SSSR count). The molecule has 0 saturated carbocycles. The third-order valence-corrected chi connectivity index (χ3v) is 4.29. The number of nitrogens with zero attached hydrogens (tertiary/aromatic N) is 2. The van der Waals surface area contributed by atoms with Crippen molar-refractivity contribution >= 4 is 22.9 Å². The Hall–Kier alpha value is -3.32. The van der Waals surface area contributed by atoms with E-state index < -0.39 is 24.0 Å². The first kappa shape index (κ1) is 19.4. The number of carbonyl (C=O) groups excluding carboxylic acids is 2. The van der Waals surface area contributed by atoms with Gasteiger partial charge in [0.25, 0.3) is 5.91 Å². The molecule has 0 bridgehead atoms. The lowest BCUT2D eigenvalue weighted by atomic mass is 10.1. The van der Waals surface area contributed by atoms with Crippen molar-refractivity contribution in [1.82, 2.24) is 15.3 Å². The van der Waals surface area contributed by atoms with Crippen molar-refractivity contribution in [3.63, 3.8) is 0 Å². The van der Waals surface area contributed by atoms with Crippen LogP contribution in [-0.4, -0.2) is 42.1 Å². The molecule has 0 aliphatic heterocycles. The summed E-state index contributed by atoms with van der Waals surface area (Å²) in [5.74, 6) is -0.996. The van der Waals surface area contributed by atoms with E-state index in [1.807, 2.05) is 42.5 Å². The molecule has 7 nitrogen and oxygen atoms in total. The van der Waals surface area contributed by atoms with Crippen LogP contribution in [-0.2, 0) is 25.5 Å². The fourth-order valence-electron chi connectivity index (χ4n) is 2.91. The summed E-state index contributed by atoms with van der Waals surface area (Å²) >= 11 is 0. The summed E-state index contributed by atoms with van der Waals surface area (Å²) in [7, 11) is 2.72. The molecule has 144 valence electrons. The largest absolute Gasteiger partial charge is 0.467 e. The summed E-state index contributed by atoms with van der Waals surface area (Å²) in [6.45, 7) is 0. The van der Waals surface area contributed by atoms with Gasteiger partial charge in [0.1, 0.15) is 6.04 Å². The highest BCUT2D eigenvalue weighted by Gasteiger charge is 2.28. The normalized spacial score (nSPS) is 12.9. The number of carbonyl (C=O) groups is 2. The van der Waals surface area contributed by atoms with Gasteiger partial charge in [-0.3, -0.25) is 9.78 Å². The third kappa shape index (κ3) is 4.50. The molecule has 1 N–H and O–H groups in total. The number of ether oxygens (including phenoxy) is 2. The van der Waals surface area contributed by atoms with E-state index in [4.69, 9.17) is 9.47 Å². The van der Waals surface area contributed by atoms with Gasteiger partial charge in [0.15, 0.2) is 6.10 Å². The Bertz CT molecular complexity index is 962. The van der Waals surface area contributed by atoms with E-state index in [0.29, 0.717) is 16.8 Å². The Morgan fingerprint density at radius 3 is 2.36 bits per heavy atom. The van der Waals surface area contributed by atoms with Crippen molar-refractivity contribution in [3.8, 4) is 0 Å². The van der Waals surface area contributed by atoms with Crippen LogP contribution in [0.2, 0.25) is 0 Å². The summed E-state index contributed by atoms with van der Waals surface area (Å²) in [4.78, 5) is 33.8. The van der Waals surface area contributed by atoms with Crippen molar-refractivity contribution in [2.45, 2.75) is 18.6 Å². The fraction of sp³-hybridized carbons (Fsp3) is 0.238. The van der Waals surface area contributed by atoms with Crippen LogP contribution < -0.4 is 5.32 Å². The number of nitrogens with one attached hydrogen (secondary N) is 1. The topological polar surface area (TPSA) is 90.4 Å². The van der Waals surface area contributed by atoms with Gasteiger partial charge in [-0.25, -0.2) is 9.78 Å². The molecule has 0 spiro atoms. The molecule has 0 radical (unpaired) electrons. The van der Waals surface area contributed by atoms with Gasteiger partial charge in [0, 0.05) is 19.7 Å². The van der Waals surface area contributed by atoms with Gasteiger partial charge in [-0.1, -0.05) is 42.5 Å². The first-order valence-corrected chi connectivity index (χ1v) is 8.79. The van der Waals surface area contributed by atoms with Crippen molar-refractivity contribution in [1.29, 1.82) is 0 Å². The van der Waals surface area contributed by atoms with Crippen molar-refractivity contribution in [3.05, 3.63) is 72.1 Å². The zero-order chi connectivity index (χ0) is 19.9. The molecule has 1 amide bonds. The third-order valence-electron chi connectivity index (χ3n) is 4.29. The molecular formula is C21H21N3O4. The van der Waals surface area contributed by atoms with E-state index in [1.165, 1.54) is 14.2 Å².